The third-order valence-corrected chi connectivity index (χ3v) is 10.9. The highest BCUT2D eigenvalue weighted by atomic mass is 19.3. The number of aryl methyl sites for hydroxylation is 1. The second kappa shape index (κ2) is 14.1. The number of piperazine rings is 1. The predicted octanol–water partition coefficient (Wildman–Crippen LogP) is 4.20. The Morgan fingerprint density at radius 1 is 1.00 bits per heavy atom. The van der Waals surface area contributed by atoms with Crippen LogP contribution in [0.2, 0.25) is 0 Å². The number of rotatable bonds is 8. The van der Waals surface area contributed by atoms with Crippen LogP contribution in [0.3, 0.4) is 0 Å². The Balaban J connectivity index is 0.857. The molecule has 0 spiro atoms. The largest absolute Gasteiger partial charge is 0.367 e. The first-order valence-corrected chi connectivity index (χ1v) is 18.0. The highest BCUT2D eigenvalue weighted by Gasteiger charge is 2.33. The van der Waals surface area contributed by atoms with Crippen molar-refractivity contribution in [2.45, 2.75) is 57.0 Å². The van der Waals surface area contributed by atoms with Crippen LogP contribution >= 0.6 is 0 Å². The van der Waals surface area contributed by atoms with Crippen LogP contribution in [-0.2, 0) is 16.6 Å². The number of aromatic nitrogens is 6. The van der Waals surface area contributed by atoms with Crippen molar-refractivity contribution in [3.8, 4) is 0 Å². The zero-order valence-electron chi connectivity index (χ0n) is 29.3. The van der Waals surface area contributed by atoms with E-state index in [-0.39, 0.29) is 29.8 Å². The second-order valence-electron chi connectivity index (χ2n) is 14.2. The number of fused-ring (bicyclic) bond motifs is 2. The number of alkyl halides is 2. The number of anilines is 2. The summed E-state index contributed by atoms with van der Waals surface area (Å²) in [5.41, 5.74) is 2.36. The van der Waals surface area contributed by atoms with Gasteiger partial charge in [0, 0.05) is 57.8 Å². The Morgan fingerprint density at radius 2 is 1.77 bits per heavy atom. The Hall–Kier alpha value is -5.51. The molecule has 2 N–H and O–H groups in total. The lowest BCUT2D eigenvalue weighted by Gasteiger charge is -2.39. The van der Waals surface area contributed by atoms with Crippen LogP contribution in [0.15, 0.2) is 59.7 Å². The van der Waals surface area contributed by atoms with E-state index in [2.05, 4.69) is 30.4 Å². The van der Waals surface area contributed by atoms with Crippen LogP contribution in [0.25, 0.3) is 21.9 Å². The van der Waals surface area contributed by atoms with Crippen molar-refractivity contribution in [2.24, 2.45) is 13.0 Å². The summed E-state index contributed by atoms with van der Waals surface area (Å²) < 4.78 is 31.2. The number of benzene rings is 1. The number of pyridine rings is 2. The van der Waals surface area contributed by atoms with Gasteiger partial charge in [-0.1, -0.05) is 12.1 Å². The van der Waals surface area contributed by atoms with E-state index in [0.29, 0.717) is 29.2 Å². The maximum atomic E-state index is 13.4. The van der Waals surface area contributed by atoms with Crippen molar-refractivity contribution >= 4 is 51.2 Å². The highest BCUT2D eigenvalue weighted by Crippen LogP contribution is 2.35. The molecule has 4 aromatic heterocycles. The zero-order chi connectivity index (χ0) is 36.8. The summed E-state index contributed by atoms with van der Waals surface area (Å²) in [7, 11) is 1.74. The number of piperidine rings is 1. The fraction of sp³-hybridized carbons (Fsp3) is 0.432. The number of nitrogens with one attached hydrogen (secondary N) is 2. The number of nitrogens with zero attached hydrogens (tertiary/aromatic N) is 8. The molecule has 0 radical (unpaired) electrons. The van der Waals surface area contributed by atoms with E-state index in [1.807, 2.05) is 29.1 Å². The number of halogens is 2. The van der Waals surface area contributed by atoms with Crippen molar-refractivity contribution in [2.75, 3.05) is 42.9 Å². The van der Waals surface area contributed by atoms with Gasteiger partial charge in [-0.05, 0) is 68.4 Å². The minimum Gasteiger partial charge on any atom is -0.367 e. The minimum atomic E-state index is -2.77. The number of carbonyl (C=O) groups is 3. The third kappa shape index (κ3) is 6.78. The van der Waals surface area contributed by atoms with Crippen LogP contribution in [-0.4, -0.2) is 84.2 Å². The number of amides is 3. The molecule has 1 saturated carbocycles. The quantitative estimate of drug-likeness (QED) is 0.224. The molecule has 1 aromatic carbocycles. The molecule has 6 heterocycles. The molecule has 2 aliphatic heterocycles. The molecule has 1 aliphatic carbocycles. The normalized spacial score (nSPS) is 21.4. The van der Waals surface area contributed by atoms with Gasteiger partial charge in [-0.15, -0.1) is 0 Å². The van der Waals surface area contributed by atoms with Crippen molar-refractivity contribution < 1.29 is 23.2 Å². The SMILES string of the molecule is Cn1c(=O)n(C2CCC(=O)NC2=O)c2cccc(N3CCN(CC4CCC(n5cc6cc(NC(=O)c7cccc(C(F)F)n7)ncc6n5)CC4)CC3)c21. The van der Waals surface area contributed by atoms with Gasteiger partial charge in [-0.25, -0.2) is 23.5 Å². The number of imide groups is 1. The number of hydrogen-bond acceptors (Lipinski definition) is 9. The molecular formula is C37H40F2N10O4. The molecule has 5 aromatic rings. The standard InChI is InChI=1S/C37H40F2N10O4/c1-45-33-28(6-3-7-29(33)49(37(45)53)30-12-13-32(50)43-36(30)52)47-16-14-46(15-17-47)20-22-8-10-24(11-9-22)48-21-23-18-31(40-19-27(23)44-48)42-35(51)26-5-2-4-25(41-26)34(38)39/h2-7,18-19,21-22,24,30,34H,8-17,20H2,1H3,(H,42,51)(H,43,50,52). The summed E-state index contributed by atoms with van der Waals surface area (Å²) in [6.45, 7) is 4.48. The molecule has 8 rings (SSSR count). The predicted molar refractivity (Wildman–Crippen MR) is 193 cm³/mol. The average molecular weight is 727 g/mol. The molecule has 16 heteroatoms. The van der Waals surface area contributed by atoms with Crippen LogP contribution in [0.4, 0.5) is 20.3 Å². The highest BCUT2D eigenvalue weighted by molar-refractivity contribution is 6.03. The summed E-state index contributed by atoms with van der Waals surface area (Å²) in [5.74, 6) is -0.486. The van der Waals surface area contributed by atoms with Crippen molar-refractivity contribution in [1.82, 2.24) is 39.1 Å². The van der Waals surface area contributed by atoms with E-state index < -0.39 is 30.0 Å². The molecular weight excluding hydrogens is 686 g/mol. The number of carbonyl (C=O) groups excluding carboxylic acids is 3. The smallest absolute Gasteiger partial charge is 0.329 e. The van der Waals surface area contributed by atoms with Crippen molar-refractivity contribution in [3.63, 3.8) is 0 Å². The summed E-state index contributed by atoms with van der Waals surface area (Å²) in [6, 6.07) is 11.1. The Kier molecular flexibility index (Phi) is 9.22. The summed E-state index contributed by atoms with van der Waals surface area (Å²) >= 11 is 0. The summed E-state index contributed by atoms with van der Waals surface area (Å²) in [4.78, 5) is 63.4. The fourth-order valence-corrected chi connectivity index (χ4v) is 8.11. The number of hydrogen-bond donors (Lipinski definition) is 2. The number of para-hydroxylation sites is 1. The monoisotopic (exact) mass is 726 g/mol. The topological polar surface area (TPSA) is 152 Å². The molecule has 53 heavy (non-hydrogen) atoms. The molecule has 3 aliphatic rings. The molecule has 14 nitrogen and oxygen atoms in total. The van der Waals surface area contributed by atoms with Gasteiger partial charge in [-0.2, -0.15) is 5.10 Å². The Morgan fingerprint density at radius 3 is 2.53 bits per heavy atom. The first kappa shape index (κ1) is 34.6. The van der Waals surface area contributed by atoms with Gasteiger partial charge in [0.15, 0.2) is 0 Å². The van der Waals surface area contributed by atoms with Gasteiger partial charge < -0.3 is 10.2 Å². The molecule has 0 bridgehead atoms. The van der Waals surface area contributed by atoms with E-state index in [9.17, 15) is 28.0 Å². The van der Waals surface area contributed by atoms with Gasteiger partial charge >= 0.3 is 5.69 Å². The summed E-state index contributed by atoms with van der Waals surface area (Å²) in [6.07, 6.45) is 5.49. The molecule has 1 unspecified atom stereocenters. The van der Waals surface area contributed by atoms with Crippen molar-refractivity contribution in [3.05, 3.63) is 76.7 Å². The van der Waals surface area contributed by atoms with E-state index in [0.717, 1.165) is 75.0 Å². The lowest BCUT2D eigenvalue weighted by atomic mass is 9.85. The first-order valence-electron chi connectivity index (χ1n) is 18.0. The van der Waals surface area contributed by atoms with Crippen LogP contribution in [0.5, 0.6) is 0 Å². The van der Waals surface area contributed by atoms with Crippen LogP contribution in [0, 0.1) is 5.92 Å². The Bertz CT molecular complexity index is 2270. The lowest BCUT2D eigenvalue weighted by Crippen LogP contribution is -2.48. The van der Waals surface area contributed by atoms with E-state index in [1.165, 1.54) is 22.8 Å². The number of imidazole rings is 1. The molecule has 2 saturated heterocycles. The molecule has 3 amide bonds. The average Bonchev–Trinajstić information content (AvgIpc) is 3.70. The summed E-state index contributed by atoms with van der Waals surface area (Å²) in [5, 5.41) is 10.6. The molecule has 1 atom stereocenters. The maximum Gasteiger partial charge on any atom is 0.329 e. The third-order valence-electron chi connectivity index (χ3n) is 10.9. The Labute approximate surface area is 302 Å². The maximum absolute atomic E-state index is 13.4. The molecule has 276 valence electrons. The second-order valence-corrected chi connectivity index (χ2v) is 14.2. The van der Waals surface area contributed by atoms with Gasteiger partial charge in [-0.3, -0.25) is 38.4 Å². The van der Waals surface area contributed by atoms with Gasteiger partial charge in [0.1, 0.15) is 28.8 Å². The zero-order valence-corrected chi connectivity index (χ0v) is 29.3. The van der Waals surface area contributed by atoms with Gasteiger partial charge in [0.05, 0.1) is 29.0 Å². The minimum absolute atomic E-state index is 0.107. The van der Waals surface area contributed by atoms with Gasteiger partial charge in [0.2, 0.25) is 11.8 Å². The van der Waals surface area contributed by atoms with E-state index >= 15 is 0 Å². The van der Waals surface area contributed by atoms with Crippen molar-refractivity contribution in [1.29, 1.82) is 0 Å². The van der Waals surface area contributed by atoms with E-state index in [4.69, 9.17) is 5.10 Å². The van der Waals surface area contributed by atoms with E-state index in [1.54, 1.807) is 23.9 Å². The first-order chi connectivity index (χ1) is 25.6. The van der Waals surface area contributed by atoms with Crippen LogP contribution < -0.4 is 21.2 Å². The lowest BCUT2D eigenvalue weighted by molar-refractivity contribution is -0.135. The van der Waals surface area contributed by atoms with Gasteiger partial charge in [0.25, 0.3) is 12.3 Å². The molecule has 3 fully saturated rings. The fourth-order valence-electron chi connectivity index (χ4n) is 8.11. The van der Waals surface area contributed by atoms with Crippen LogP contribution in [0.1, 0.15) is 73.2 Å².